The molecule has 2 N–H and O–H groups in total. The number of anilines is 1. The normalized spacial score (nSPS) is 10.1. The van der Waals surface area contributed by atoms with Crippen molar-refractivity contribution in [3.8, 4) is 11.6 Å². The molecule has 4 nitrogen and oxygen atoms in total. The zero-order chi connectivity index (χ0) is 11.5. The predicted octanol–water partition coefficient (Wildman–Crippen LogP) is 3.16. The standard InChI is InChI=1S/C10H7Cl2N3O/c11-6-3-1-2-4-7(6)16-10-8(13)9(12)14-5-15-10/h1-5H,13H2. The first-order valence-electron chi connectivity index (χ1n) is 4.37. The van der Waals surface area contributed by atoms with Crippen molar-refractivity contribution in [3.05, 3.63) is 40.8 Å². The van der Waals surface area contributed by atoms with Crippen molar-refractivity contribution < 1.29 is 4.74 Å². The number of para-hydroxylation sites is 1. The highest BCUT2D eigenvalue weighted by atomic mass is 35.5. The molecule has 1 aromatic carbocycles. The van der Waals surface area contributed by atoms with Crippen LogP contribution in [0.25, 0.3) is 0 Å². The minimum Gasteiger partial charge on any atom is -0.435 e. The molecule has 0 aliphatic heterocycles. The molecule has 0 unspecified atom stereocenters. The van der Waals surface area contributed by atoms with E-state index in [9.17, 15) is 0 Å². The van der Waals surface area contributed by atoms with E-state index in [1.165, 1.54) is 6.33 Å². The molecule has 0 spiro atoms. The summed E-state index contributed by atoms with van der Waals surface area (Å²) in [5.41, 5.74) is 5.84. The van der Waals surface area contributed by atoms with Crippen molar-refractivity contribution >= 4 is 28.9 Å². The molecule has 2 aromatic rings. The fourth-order valence-electron chi connectivity index (χ4n) is 1.07. The number of nitrogen functional groups attached to an aromatic ring is 1. The van der Waals surface area contributed by atoms with Gasteiger partial charge in [0.15, 0.2) is 5.15 Å². The molecule has 0 radical (unpaired) electrons. The second-order valence-electron chi connectivity index (χ2n) is 2.92. The Morgan fingerprint density at radius 1 is 1.12 bits per heavy atom. The van der Waals surface area contributed by atoms with Gasteiger partial charge in [-0.3, -0.25) is 0 Å². The van der Waals surface area contributed by atoms with E-state index < -0.39 is 0 Å². The Labute approximate surface area is 102 Å². The van der Waals surface area contributed by atoms with Crippen LogP contribution in [0.2, 0.25) is 10.2 Å². The summed E-state index contributed by atoms with van der Waals surface area (Å²) in [4.78, 5) is 7.59. The van der Waals surface area contributed by atoms with Crippen LogP contribution >= 0.6 is 23.2 Å². The lowest BCUT2D eigenvalue weighted by molar-refractivity contribution is 0.464. The summed E-state index contributed by atoms with van der Waals surface area (Å²) in [7, 11) is 0. The molecule has 0 bridgehead atoms. The summed E-state index contributed by atoms with van der Waals surface area (Å²) in [5, 5.41) is 0.619. The number of aromatic nitrogens is 2. The third-order valence-corrected chi connectivity index (χ3v) is 2.46. The van der Waals surface area contributed by atoms with Gasteiger partial charge in [-0.1, -0.05) is 35.3 Å². The summed E-state index contributed by atoms with van der Waals surface area (Å²) in [6.07, 6.45) is 1.27. The summed E-state index contributed by atoms with van der Waals surface area (Å²) in [5.74, 6) is 0.652. The highest BCUT2D eigenvalue weighted by molar-refractivity contribution is 6.32. The van der Waals surface area contributed by atoms with Crippen LogP contribution in [0.4, 0.5) is 5.69 Å². The Hall–Kier alpha value is -1.52. The van der Waals surface area contributed by atoms with Crippen molar-refractivity contribution in [1.82, 2.24) is 9.97 Å². The van der Waals surface area contributed by atoms with Gasteiger partial charge in [-0.2, -0.15) is 4.98 Å². The molecule has 0 fully saturated rings. The molecular formula is C10H7Cl2N3O. The van der Waals surface area contributed by atoms with Gasteiger partial charge in [-0.05, 0) is 12.1 Å². The molecule has 0 aliphatic carbocycles. The highest BCUT2D eigenvalue weighted by Gasteiger charge is 2.09. The maximum absolute atomic E-state index is 5.92. The Kier molecular flexibility index (Phi) is 3.12. The SMILES string of the molecule is Nc1c(Cl)ncnc1Oc1ccccc1Cl. The Morgan fingerprint density at radius 2 is 1.88 bits per heavy atom. The highest BCUT2D eigenvalue weighted by Crippen LogP contribution is 2.32. The van der Waals surface area contributed by atoms with Crippen LogP contribution in [-0.4, -0.2) is 9.97 Å². The van der Waals surface area contributed by atoms with E-state index in [4.69, 9.17) is 33.7 Å². The van der Waals surface area contributed by atoms with Crippen LogP contribution < -0.4 is 10.5 Å². The maximum atomic E-state index is 5.92. The largest absolute Gasteiger partial charge is 0.435 e. The van der Waals surface area contributed by atoms with Crippen LogP contribution in [0.3, 0.4) is 0 Å². The monoisotopic (exact) mass is 255 g/mol. The molecule has 0 saturated heterocycles. The zero-order valence-corrected chi connectivity index (χ0v) is 9.53. The van der Waals surface area contributed by atoms with Crippen molar-refractivity contribution in [3.63, 3.8) is 0 Å². The molecule has 1 heterocycles. The van der Waals surface area contributed by atoms with Gasteiger partial charge in [-0.25, -0.2) is 4.98 Å². The molecular weight excluding hydrogens is 249 g/mol. The van der Waals surface area contributed by atoms with Crippen LogP contribution in [0.15, 0.2) is 30.6 Å². The lowest BCUT2D eigenvalue weighted by Crippen LogP contribution is -1.97. The van der Waals surface area contributed by atoms with Crippen LogP contribution in [0.1, 0.15) is 0 Å². The van der Waals surface area contributed by atoms with Gasteiger partial charge in [0.1, 0.15) is 17.8 Å². The maximum Gasteiger partial charge on any atom is 0.247 e. The van der Waals surface area contributed by atoms with Gasteiger partial charge < -0.3 is 10.5 Å². The van der Waals surface area contributed by atoms with Gasteiger partial charge in [0.05, 0.1) is 5.02 Å². The number of nitrogens with two attached hydrogens (primary N) is 1. The number of benzene rings is 1. The number of ether oxygens (including phenoxy) is 1. The van der Waals surface area contributed by atoms with E-state index in [0.717, 1.165) is 0 Å². The summed E-state index contributed by atoms with van der Waals surface area (Å²) < 4.78 is 5.43. The first-order chi connectivity index (χ1) is 7.68. The van der Waals surface area contributed by atoms with Crippen molar-refractivity contribution in [1.29, 1.82) is 0 Å². The third-order valence-electron chi connectivity index (χ3n) is 1.84. The van der Waals surface area contributed by atoms with Gasteiger partial charge in [-0.15, -0.1) is 0 Å². The van der Waals surface area contributed by atoms with E-state index in [1.54, 1.807) is 24.3 Å². The number of hydrogen-bond donors (Lipinski definition) is 1. The number of nitrogens with zero attached hydrogens (tertiary/aromatic N) is 2. The minimum absolute atomic E-state index is 0.150. The van der Waals surface area contributed by atoms with Crippen LogP contribution in [-0.2, 0) is 0 Å². The number of hydrogen-bond acceptors (Lipinski definition) is 4. The third kappa shape index (κ3) is 2.18. The zero-order valence-electron chi connectivity index (χ0n) is 8.02. The van der Waals surface area contributed by atoms with Gasteiger partial charge in [0, 0.05) is 0 Å². The molecule has 16 heavy (non-hydrogen) atoms. The minimum atomic E-state index is 0.150. The van der Waals surface area contributed by atoms with Crippen molar-refractivity contribution in [2.75, 3.05) is 5.73 Å². The average molecular weight is 256 g/mol. The average Bonchev–Trinajstić information content (AvgIpc) is 2.28. The van der Waals surface area contributed by atoms with Crippen molar-refractivity contribution in [2.45, 2.75) is 0 Å². The quantitative estimate of drug-likeness (QED) is 0.838. The number of halogens is 2. The van der Waals surface area contributed by atoms with Crippen molar-refractivity contribution in [2.24, 2.45) is 0 Å². The molecule has 0 aliphatic rings. The van der Waals surface area contributed by atoms with E-state index >= 15 is 0 Å². The van der Waals surface area contributed by atoms with Crippen LogP contribution in [0, 0.1) is 0 Å². The molecule has 0 atom stereocenters. The topological polar surface area (TPSA) is 61.0 Å². The number of rotatable bonds is 2. The Morgan fingerprint density at radius 3 is 2.62 bits per heavy atom. The molecule has 0 saturated carbocycles. The molecule has 82 valence electrons. The molecule has 1 aromatic heterocycles. The second kappa shape index (κ2) is 4.55. The predicted molar refractivity (Wildman–Crippen MR) is 63.0 cm³/mol. The first-order valence-corrected chi connectivity index (χ1v) is 5.12. The van der Waals surface area contributed by atoms with E-state index in [2.05, 4.69) is 9.97 Å². The molecule has 2 rings (SSSR count). The first kappa shape index (κ1) is 11.0. The summed E-state index contributed by atoms with van der Waals surface area (Å²) in [6, 6.07) is 7.00. The lowest BCUT2D eigenvalue weighted by Gasteiger charge is -2.08. The second-order valence-corrected chi connectivity index (χ2v) is 3.68. The van der Waals surface area contributed by atoms with Gasteiger partial charge in [0.2, 0.25) is 5.88 Å². The summed E-state index contributed by atoms with van der Waals surface area (Å²) >= 11 is 11.7. The van der Waals surface area contributed by atoms with Gasteiger partial charge in [0.25, 0.3) is 0 Å². The lowest BCUT2D eigenvalue weighted by atomic mass is 10.3. The smallest absolute Gasteiger partial charge is 0.247 e. The Balaban J connectivity index is 2.35. The molecule has 0 amide bonds. The summed E-state index contributed by atoms with van der Waals surface area (Å²) in [6.45, 7) is 0. The van der Waals surface area contributed by atoms with Crippen LogP contribution in [0.5, 0.6) is 11.6 Å². The molecule has 6 heteroatoms. The fourth-order valence-corrected chi connectivity index (χ4v) is 1.37. The Bertz CT molecular complexity index is 519. The van der Waals surface area contributed by atoms with Gasteiger partial charge >= 0.3 is 0 Å². The van der Waals surface area contributed by atoms with E-state index in [1.807, 2.05) is 0 Å². The fraction of sp³-hybridized carbons (Fsp3) is 0. The van der Waals surface area contributed by atoms with E-state index in [0.29, 0.717) is 10.8 Å². The van der Waals surface area contributed by atoms with E-state index in [-0.39, 0.29) is 16.7 Å².